The molecule has 4 aromatic rings. The first-order valence-electron chi connectivity index (χ1n) is 14.5. The first-order chi connectivity index (χ1) is 21.9. The van der Waals surface area contributed by atoms with E-state index in [1.165, 1.54) is 44.6 Å². The Morgan fingerprint density at radius 1 is 0.674 bits per heavy atom. The van der Waals surface area contributed by atoms with Crippen molar-refractivity contribution in [2.45, 2.75) is 36.0 Å². The zero-order chi connectivity index (χ0) is 32.8. The van der Waals surface area contributed by atoms with Crippen LogP contribution in [0.5, 0.6) is 23.0 Å². The number of rotatable bonds is 9. The molecule has 46 heavy (non-hydrogen) atoms. The Labute approximate surface area is 268 Å². The van der Waals surface area contributed by atoms with Crippen LogP contribution in [0, 0.1) is 25.7 Å². The molecule has 6 rings (SSSR count). The number of fused-ring (bicyclic) bond motifs is 2. The molecule has 1 aliphatic carbocycles. The largest absolute Gasteiger partial charge is 0.493 e. The number of benzene rings is 4. The molecule has 3 atom stereocenters. The quantitative estimate of drug-likeness (QED) is 0.171. The third-order valence-corrected chi connectivity index (χ3v) is 10.9. The molecule has 2 aliphatic rings. The van der Waals surface area contributed by atoms with E-state index in [-0.39, 0.29) is 51.3 Å². The smallest absolute Gasteiger partial charge is 0.339 e. The zero-order valence-corrected chi connectivity index (χ0v) is 27.2. The molecular weight excluding hydrogens is 632 g/mol. The van der Waals surface area contributed by atoms with Crippen LogP contribution in [0.4, 0.5) is 0 Å². The molecule has 4 aromatic carbocycles. The van der Waals surface area contributed by atoms with Gasteiger partial charge in [0.05, 0.1) is 26.7 Å². The predicted octanol–water partition coefficient (Wildman–Crippen LogP) is 5.33. The van der Waals surface area contributed by atoms with Gasteiger partial charge >= 0.3 is 26.2 Å². The number of carbonyl (C=O) groups excluding carboxylic acids is 1. The van der Waals surface area contributed by atoms with Gasteiger partial charge in [-0.15, -0.1) is 0 Å². The monoisotopic (exact) mass is 664 g/mol. The summed E-state index contributed by atoms with van der Waals surface area (Å²) in [5, 5.41) is 0. The molecule has 1 saturated heterocycles. The minimum atomic E-state index is -4.21. The summed E-state index contributed by atoms with van der Waals surface area (Å²) in [6.45, 7) is 3.86. The lowest BCUT2D eigenvalue weighted by Gasteiger charge is -2.34. The maximum absolute atomic E-state index is 13.3. The normalized spacial score (nSPS) is 19.0. The summed E-state index contributed by atoms with van der Waals surface area (Å²) in [4.78, 5) is 12.8. The van der Waals surface area contributed by atoms with E-state index in [2.05, 4.69) is 0 Å². The van der Waals surface area contributed by atoms with Gasteiger partial charge in [-0.25, -0.2) is 0 Å². The molecule has 12 heteroatoms. The molecule has 0 N–H and O–H groups in total. The Kier molecular flexibility index (Phi) is 8.20. The fourth-order valence-corrected chi connectivity index (χ4v) is 7.90. The van der Waals surface area contributed by atoms with Gasteiger partial charge in [0.2, 0.25) is 0 Å². The van der Waals surface area contributed by atoms with Gasteiger partial charge in [0, 0.05) is 11.8 Å². The number of aryl methyl sites for hydroxylation is 2. The Morgan fingerprint density at radius 3 is 1.78 bits per heavy atom. The van der Waals surface area contributed by atoms with Gasteiger partial charge in [-0.1, -0.05) is 41.5 Å². The van der Waals surface area contributed by atoms with Gasteiger partial charge in [0.25, 0.3) is 0 Å². The molecule has 1 fully saturated rings. The van der Waals surface area contributed by atoms with E-state index >= 15 is 0 Å². The summed E-state index contributed by atoms with van der Waals surface area (Å²) in [6.07, 6.45) is 0.365. The first-order valence-corrected chi connectivity index (χ1v) is 17.3. The van der Waals surface area contributed by atoms with Crippen LogP contribution in [-0.4, -0.2) is 43.6 Å². The number of esters is 1. The lowest BCUT2D eigenvalue weighted by atomic mass is 9.67. The third-order valence-electron chi connectivity index (χ3n) is 8.43. The molecule has 0 spiro atoms. The molecule has 0 bridgehead atoms. The van der Waals surface area contributed by atoms with Crippen molar-refractivity contribution in [2.75, 3.05) is 20.8 Å². The van der Waals surface area contributed by atoms with Crippen molar-refractivity contribution in [1.82, 2.24) is 0 Å². The highest BCUT2D eigenvalue weighted by Gasteiger charge is 2.47. The second-order valence-electron chi connectivity index (χ2n) is 11.4. The number of hydrogen-bond donors (Lipinski definition) is 0. The lowest BCUT2D eigenvalue weighted by molar-refractivity contribution is -0.141. The van der Waals surface area contributed by atoms with Crippen molar-refractivity contribution < 1.29 is 44.2 Å². The van der Waals surface area contributed by atoms with Crippen LogP contribution in [0.1, 0.15) is 33.7 Å². The van der Waals surface area contributed by atoms with Gasteiger partial charge < -0.3 is 22.6 Å². The van der Waals surface area contributed by atoms with Gasteiger partial charge in [0.1, 0.15) is 9.79 Å². The summed E-state index contributed by atoms with van der Waals surface area (Å²) in [6, 6.07) is 20.8. The molecule has 1 aliphatic heterocycles. The summed E-state index contributed by atoms with van der Waals surface area (Å²) in [5.74, 6) is -1.19. The Balaban J connectivity index is 1.41. The van der Waals surface area contributed by atoms with Gasteiger partial charge in [-0.05, 0) is 85.5 Å². The maximum Gasteiger partial charge on any atom is 0.339 e. The molecule has 0 saturated carbocycles. The summed E-state index contributed by atoms with van der Waals surface area (Å²) in [5.41, 5.74) is 3.97. The topological polar surface area (TPSA) is 132 Å². The molecule has 0 radical (unpaired) electrons. The standard InChI is InChI=1S/C34H32O10S2/c1-20-5-10-24(11-6-20)45(36,37)43-29-14-9-22(16-30(29)40-3)33-26-18-32(44-46(38,39)25-12-7-21(2)8-13-25)31(41-4)17-23(26)15-27-28(33)19-42-34(27)35/h5-14,16-18,27-28,33H,15,19H2,1-4H3. The highest BCUT2D eigenvalue weighted by Crippen LogP contribution is 2.51. The second kappa shape index (κ2) is 12.0. The van der Waals surface area contributed by atoms with Crippen molar-refractivity contribution in [3.63, 3.8) is 0 Å². The molecule has 3 unspecified atom stereocenters. The number of cyclic esters (lactones) is 1. The Morgan fingerprint density at radius 2 is 1.22 bits per heavy atom. The van der Waals surface area contributed by atoms with E-state index in [1.807, 2.05) is 13.8 Å². The highest BCUT2D eigenvalue weighted by atomic mass is 32.2. The SMILES string of the molecule is COc1cc(C2c3cc(OS(=O)(=O)c4ccc(C)cc4)c(OC)cc3CC3C(=O)OCC32)ccc1OS(=O)(=O)c1ccc(C)cc1. The second-order valence-corrected chi connectivity index (χ2v) is 14.5. The fourth-order valence-electron chi connectivity index (χ4n) is 6.03. The molecule has 10 nitrogen and oxygen atoms in total. The minimum Gasteiger partial charge on any atom is -0.493 e. The molecule has 1 heterocycles. The van der Waals surface area contributed by atoms with E-state index in [4.69, 9.17) is 22.6 Å². The minimum absolute atomic E-state index is 0.00281. The van der Waals surface area contributed by atoms with Gasteiger partial charge in [-0.3, -0.25) is 4.79 Å². The van der Waals surface area contributed by atoms with Crippen LogP contribution in [0.25, 0.3) is 0 Å². The number of ether oxygens (including phenoxy) is 3. The Bertz CT molecular complexity index is 2020. The maximum atomic E-state index is 13.3. The van der Waals surface area contributed by atoms with Gasteiger partial charge in [0.15, 0.2) is 23.0 Å². The van der Waals surface area contributed by atoms with Crippen LogP contribution in [-0.2, 0) is 36.2 Å². The molecular formula is C34H32O10S2. The zero-order valence-electron chi connectivity index (χ0n) is 25.6. The molecule has 240 valence electrons. The lowest BCUT2D eigenvalue weighted by Crippen LogP contribution is -2.31. The van der Waals surface area contributed by atoms with Gasteiger partial charge in [-0.2, -0.15) is 16.8 Å². The summed E-state index contributed by atoms with van der Waals surface area (Å²) >= 11 is 0. The van der Waals surface area contributed by atoms with Crippen LogP contribution >= 0.6 is 0 Å². The summed E-state index contributed by atoms with van der Waals surface area (Å²) in [7, 11) is -5.56. The number of methoxy groups -OCH3 is 2. The highest BCUT2D eigenvalue weighted by molar-refractivity contribution is 7.87. The van der Waals surface area contributed by atoms with E-state index < -0.39 is 32.1 Å². The van der Waals surface area contributed by atoms with E-state index in [0.717, 1.165) is 22.3 Å². The van der Waals surface area contributed by atoms with Crippen LogP contribution < -0.4 is 17.8 Å². The number of hydrogen-bond acceptors (Lipinski definition) is 10. The van der Waals surface area contributed by atoms with Crippen molar-refractivity contribution in [3.8, 4) is 23.0 Å². The van der Waals surface area contributed by atoms with Crippen LogP contribution in [0.2, 0.25) is 0 Å². The average Bonchev–Trinajstić information content (AvgIpc) is 3.39. The van der Waals surface area contributed by atoms with Crippen LogP contribution in [0.3, 0.4) is 0 Å². The van der Waals surface area contributed by atoms with Crippen molar-refractivity contribution in [1.29, 1.82) is 0 Å². The first kappa shape index (κ1) is 31.4. The predicted molar refractivity (Wildman–Crippen MR) is 167 cm³/mol. The Hall–Kier alpha value is -4.55. The third kappa shape index (κ3) is 5.90. The van der Waals surface area contributed by atoms with Crippen molar-refractivity contribution in [2.24, 2.45) is 11.8 Å². The number of carbonyl (C=O) groups is 1. The van der Waals surface area contributed by atoms with E-state index in [1.54, 1.807) is 48.5 Å². The molecule has 0 amide bonds. The van der Waals surface area contributed by atoms with Crippen molar-refractivity contribution in [3.05, 3.63) is 107 Å². The van der Waals surface area contributed by atoms with E-state index in [0.29, 0.717) is 12.0 Å². The van der Waals surface area contributed by atoms with Crippen molar-refractivity contribution >= 4 is 26.2 Å². The molecule has 0 aromatic heterocycles. The summed E-state index contributed by atoms with van der Waals surface area (Å²) < 4.78 is 80.3. The van der Waals surface area contributed by atoms with Crippen LogP contribution in [0.15, 0.2) is 88.7 Å². The average molecular weight is 665 g/mol. The fraction of sp³-hybridized carbons (Fsp3) is 0.265. The van der Waals surface area contributed by atoms with E-state index in [9.17, 15) is 21.6 Å².